The summed E-state index contributed by atoms with van der Waals surface area (Å²) >= 11 is 6.97. The second-order valence-electron chi connectivity index (χ2n) is 8.94. The number of fused-ring (bicyclic) bond motifs is 8. The molecule has 2 aromatic carbocycles. The Kier molecular flexibility index (Phi) is 4.35. The van der Waals surface area contributed by atoms with Crippen molar-refractivity contribution in [2.24, 2.45) is 0 Å². The third kappa shape index (κ3) is 2.61. The molecule has 1 amide bonds. The highest BCUT2D eigenvalue weighted by atomic mass is 32.2. The van der Waals surface area contributed by atoms with E-state index in [1.54, 1.807) is 18.4 Å². The first-order chi connectivity index (χ1) is 16.2. The van der Waals surface area contributed by atoms with Crippen molar-refractivity contribution in [1.82, 2.24) is 4.31 Å². The van der Waals surface area contributed by atoms with Gasteiger partial charge in [-0.15, -0.1) is 45.3 Å². The SMILES string of the molecule is Cc1cc2c(C)cc3c(cc(C)c4cc(-c5sc(C)c6c7c(sc56)C(=O)N(C)S7=O)sc43)c2s1. The number of carbonyl (C=O) groups is 1. The number of nitrogens with zero attached hydrogens (tertiary/aromatic N) is 1. The molecule has 5 heterocycles. The Labute approximate surface area is 214 Å². The zero-order chi connectivity index (χ0) is 23.6. The van der Waals surface area contributed by atoms with Gasteiger partial charge in [-0.3, -0.25) is 9.10 Å². The molecule has 7 rings (SSSR count). The average Bonchev–Trinajstić information content (AvgIpc) is 3.58. The van der Waals surface area contributed by atoms with Gasteiger partial charge in [-0.05, 0) is 73.9 Å². The topological polar surface area (TPSA) is 37.4 Å². The maximum absolute atomic E-state index is 12.9. The van der Waals surface area contributed by atoms with Gasteiger partial charge < -0.3 is 0 Å². The van der Waals surface area contributed by atoms with Crippen LogP contribution < -0.4 is 0 Å². The van der Waals surface area contributed by atoms with Crippen molar-refractivity contribution in [1.29, 1.82) is 0 Å². The Hall–Kier alpha value is -2.10. The van der Waals surface area contributed by atoms with Crippen LogP contribution in [0.15, 0.2) is 29.2 Å². The number of carbonyl (C=O) groups excluding carboxylic acids is 1. The summed E-state index contributed by atoms with van der Waals surface area (Å²) in [6.07, 6.45) is 0. The highest BCUT2D eigenvalue weighted by Gasteiger charge is 2.38. The van der Waals surface area contributed by atoms with E-state index in [0.717, 1.165) is 15.0 Å². The Bertz CT molecular complexity index is 1910. The molecule has 1 aliphatic heterocycles. The Balaban J connectivity index is 1.53. The smallest absolute Gasteiger partial charge is 0.267 e. The molecule has 0 aliphatic carbocycles. The number of hydrogen-bond donors (Lipinski definition) is 0. The molecule has 0 N–H and O–H groups in total. The molecule has 6 aromatic rings. The van der Waals surface area contributed by atoms with Gasteiger partial charge in [0.1, 0.15) is 4.88 Å². The average molecular weight is 538 g/mol. The minimum Gasteiger partial charge on any atom is -0.267 e. The van der Waals surface area contributed by atoms with Gasteiger partial charge >= 0.3 is 0 Å². The van der Waals surface area contributed by atoms with E-state index in [9.17, 15) is 9.00 Å². The molecule has 0 saturated carbocycles. The van der Waals surface area contributed by atoms with E-state index in [2.05, 4.69) is 52.0 Å². The van der Waals surface area contributed by atoms with Crippen LogP contribution >= 0.6 is 45.3 Å². The quantitative estimate of drug-likeness (QED) is 0.211. The first kappa shape index (κ1) is 21.2. The molecule has 1 atom stereocenters. The molecule has 0 saturated heterocycles. The van der Waals surface area contributed by atoms with Gasteiger partial charge in [-0.2, -0.15) is 0 Å². The number of rotatable bonds is 1. The molecule has 4 aromatic heterocycles. The van der Waals surface area contributed by atoms with Crippen molar-refractivity contribution in [2.75, 3.05) is 7.05 Å². The zero-order valence-corrected chi connectivity index (χ0v) is 23.2. The van der Waals surface area contributed by atoms with Crippen molar-refractivity contribution < 1.29 is 9.00 Å². The van der Waals surface area contributed by atoms with Crippen molar-refractivity contribution in [3.8, 4) is 9.75 Å². The molecule has 1 unspecified atom stereocenters. The second kappa shape index (κ2) is 6.98. The molecule has 8 heteroatoms. The summed E-state index contributed by atoms with van der Waals surface area (Å²) in [5.41, 5.74) is 2.61. The molecular weight excluding hydrogens is 519 g/mol. The lowest BCUT2D eigenvalue weighted by atomic mass is 9.99. The zero-order valence-electron chi connectivity index (χ0n) is 19.1. The first-order valence-corrected chi connectivity index (χ1v) is 15.2. The molecule has 0 spiro atoms. The van der Waals surface area contributed by atoms with Gasteiger partial charge in [0.25, 0.3) is 5.91 Å². The van der Waals surface area contributed by atoms with Crippen molar-refractivity contribution in [3.63, 3.8) is 0 Å². The number of hydrogen-bond acceptors (Lipinski definition) is 6. The molecule has 34 heavy (non-hydrogen) atoms. The van der Waals surface area contributed by atoms with Gasteiger partial charge in [0, 0.05) is 47.2 Å². The van der Waals surface area contributed by atoms with Gasteiger partial charge in [0.15, 0.2) is 11.0 Å². The predicted molar refractivity (Wildman–Crippen MR) is 151 cm³/mol. The largest absolute Gasteiger partial charge is 0.276 e. The fraction of sp³-hybridized carbons (Fsp3) is 0.192. The number of thiophene rings is 4. The minimum absolute atomic E-state index is 0.131. The number of amides is 1. The van der Waals surface area contributed by atoms with Crippen LogP contribution in [-0.4, -0.2) is 21.5 Å². The van der Waals surface area contributed by atoms with Crippen molar-refractivity contribution in [3.05, 3.63) is 50.0 Å². The van der Waals surface area contributed by atoms with Gasteiger partial charge in [-0.25, -0.2) is 4.21 Å². The van der Waals surface area contributed by atoms with Gasteiger partial charge in [0.2, 0.25) is 0 Å². The lowest BCUT2D eigenvalue weighted by molar-refractivity contribution is 0.0899. The van der Waals surface area contributed by atoms with E-state index >= 15 is 0 Å². The monoisotopic (exact) mass is 537 g/mol. The van der Waals surface area contributed by atoms with Crippen LogP contribution in [0.2, 0.25) is 0 Å². The fourth-order valence-electron chi connectivity index (χ4n) is 5.09. The van der Waals surface area contributed by atoms with Crippen LogP contribution in [0.4, 0.5) is 0 Å². The van der Waals surface area contributed by atoms with E-state index in [0.29, 0.717) is 9.77 Å². The van der Waals surface area contributed by atoms with Crippen LogP contribution in [0.5, 0.6) is 0 Å². The Morgan fingerprint density at radius 2 is 1.38 bits per heavy atom. The van der Waals surface area contributed by atoms with Crippen LogP contribution in [-0.2, 0) is 11.0 Å². The van der Waals surface area contributed by atoms with Crippen LogP contribution in [0.25, 0.3) is 50.8 Å². The third-order valence-electron chi connectivity index (χ3n) is 6.74. The van der Waals surface area contributed by atoms with Crippen molar-refractivity contribution >= 4 is 103 Å². The molecule has 0 bridgehead atoms. The predicted octanol–water partition coefficient (Wildman–Crippen LogP) is 8.55. The third-order valence-corrected chi connectivity index (χ3v) is 13.2. The lowest BCUT2D eigenvalue weighted by Gasteiger charge is -2.07. The maximum Gasteiger partial charge on any atom is 0.276 e. The fourth-order valence-corrected chi connectivity index (χ4v) is 11.9. The first-order valence-electron chi connectivity index (χ1n) is 10.9. The van der Waals surface area contributed by atoms with E-state index in [4.69, 9.17) is 0 Å². The molecule has 0 radical (unpaired) electrons. The molecule has 0 fully saturated rings. The molecular formula is C26H19NO2S5. The summed E-state index contributed by atoms with van der Waals surface area (Å²) in [6.45, 7) is 8.68. The summed E-state index contributed by atoms with van der Waals surface area (Å²) in [5.74, 6) is -0.131. The van der Waals surface area contributed by atoms with E-state index in [1.807, 2.05) is 22.7 Å². The summed E-state index contributed by atoms with van der Waals surface area (Å²) < 4.78 is 18.0. The van der Waals surface area contributed by atoms with Gasteiger partial charge in [0.05, 0.1) is 14.5 Å². The van der Waals surface area contributed by atoms with E-state index in [-0.39, 0.29) is 5.91 Å². The van der Waals surface area contributed by atoms with Crippen LogP contribution in [0.1, 0.15) is 30.6 Å². The summed E-state index contributed by atoms with van der Waals surface area (Å²) in [7, 11) is 0.203. The van der Waals surface area contributed by atoms with Crippen LogP contribution in [0, 0.1) is 27.7 Å². The Morgan fingerprint density at radius 1 is 0.735 bits per heavy atom. The van der Waals surface area contributed by atoms with Crippen LogP contribution in [0.3, 0.4) is 0 Å². The van der Waals surface area contributed by atoms with Gasteiger partial charge in [-0.1, -0.05) is 0 Å². The standard InChI is InChI=1S/C26H19NO2S5/c1-10-6-17-16(20-14(10)8-12(3)30-20)7-11(2)15-9-18(32-21(15)17)22-23-19(13(4)31-22)25-24(33-23)26(28)27(5)34(25)29/h6-9H,1-5H3. The molecule has 3 nitrogen and oxygen atoms in total. The molecule has 170 valence electrons. The highest BCUT2D eigenvalue weighted by molar-refractivity contribution is 7.84. The highest BCUT2D eigenvalue weighted by Crippen LogP contribution is 2.52. The second-order valence-corrected chi connectivity index (χ2v) is 14.9. The maximum atomic E-state index is 12.9. The van der Waals surface area contributed by atoms with E-state index in [1.165, 1.54) is 72.3 Å². The normalized spacial score (nSPS) is 16.2. The lowest BCUT2D eigenvalue weighted by Crippen LogP contribution is -2.20. The summed E-state index contributed by atoms with van der Waals surface area (Å²) in [6, 6.07) is 9.31. The molecule has 1 aliphatic rings. The summed E-state index contributed by atoms with van der Waals surface area (Å²) in [5, 5.41) is 6.32. The van der Waals surface area contributed by atoms with Crippen molar-refractivity contribution in [2.45, 2.75) is 32.6 Å². The minimum atomic E-state index is -1.42. The van der Waals surface area contributed by atoms with E-state index < -0.39 is 11.0 Å². The number of benzene rings is 2. The number of aryl methyl sites for hydroxylation is 4. The summed E-state index contributed by atoms with van der Waals surface area (Å²) in [4.78, 5) is 18.9. The Morgan fingerprint density at radius 3 is 2.09 bits per heavy atom.